The Hall–Kier alpha value is -0.160. The molecule has 1 heterocycles. The second-order valence-electron chi connectivity index (χ2n) is 6.82. The first kappa shape index (κ1) is 14.8. The van der Waals surface area contributed by atoms with Crippen LogP contribution >= 0.6 is 0 Å². The maximum atomic E-state index is 6.25. The summed E-state index contributed by atoms with van der Waals surface area (Å²) >= 11 is 0. The third-order valence-electron chi connectivity index (χ3n) is 5.92. The molecule has 0 radical (unpaired) electrons. The van der Waals surface area contributed by atoms with Crippen molar-refractivity contribution in [1.82, 2.24) is 4.90 Å². The van der Waals surface area contributed by atoms with E-state index in [0.717, 1.165) is 32.5 Å². The van der Waals surface area contributed by atoms with Crippen molar-refractivity contribution in [2.75, 3.05) is 26.8 Å². The zero-order valence-electron chi connectivity index (χ0n) is 12.9. The van der Waals surface area contributed by atoms with Gasteiger partial charge >= 0.3 is 0 Å². The minimum absolute atomic E-state index is 0.207. The molecule has 1 saturated heterocycles. The summed E-state index contributed by atoms with van der Waals surface area (Å²) in [5, 5.41) is 0. The van der Waals surface area contributed by atoms with Crippen molar-refractivity contribution in [2.24, 2.45) is 5.73 Å². The van der Waals surface area contributed by atoms with Gasteiger partial charge in [-0.05, 0) is 38.5 Å². The molecule has 3 fully saturated rings. The van der Waals surface area contributed by atoms with Crippen molar-refractivity contribution < 1.29 is 9.47 Å². The molecule has 0 bridgehead atoms. The summed E-state index contributed by atoms with van der Waals surface area (Å²) in [6.45, 7) is 2.74. The molecule has 4 heteroatoms. The van der Waals surface area contributed by atoms with E-state index in [9.17, 15) is 0 Å². The molecule has 2 saturated carbocycles. The van der Waals surface area contributed by atoms with Crippen molar-refractivity contribution in [3.63, 3.8) is 0 Å². The number of methoxy groups -OCH3 is 1. The number of hydrogen-bond acceptors (Lipinski definition) is 4. The highest BCUT2D eigenvalue weighted by Crippen LogP contribution is 2.40. The fourth-order valence-electron chi connectivity index (χ4n) is 4.66. The van der Waals surface area contributed by atoms with Crippen molar-refractivity contribution >= 4 is 0 Å². The van der Waals surface area contributed by atoms with E-state index in [0.29, 0.717) is 18.2 Å². The van der Waals surface area contributed by atoms with E-state index in [1.54, 1.807) is 0 Å². The maximum Gasteiger partial charge on any atom is 0.0731 e. The highest BCUT2D eigenvalue weighted by molar-refractivity contribution is 5.02. The number of hydrogen-bond donors (Lipinski definition) is 1. The summed E-state index contributed by atoms with van der Waals surface area (Å²) < 4.78 is 11.6. The monoisotopic (exact) mass is 282 g/mol. The van der Waals surface area contributed by atoms with Crippen molar-refractivity contribution in [1.29, 1.82) is 0 Å². The van der Waals surface area contributed by atoms with Gasteiger partial charge in [0.15, 0.2) is 0 Å². The number of morpholine rings is 1. The summed E-state index contributed by atoms with van der Waals surface area (Å²) in [6.07, 6.45) is 10.8. The van der Waals surface area contributed by atoms with Crippen LogP contribution in [0.5, 0.6) is 0 Å². The standard InChI is InChI=1S/C16H30N2O2/c1-19-13-6-8-16(12-17,9-7-13)18-10-11-20-15-5-3-2-4-14(15)18/h13-15H,2-12,17H2,1H3. The summed E-state index contributed by atoms with van der Waals surface area (Å²) in [4.78, 5) is 2.74. The van der Waals surface area contributed by atoms with Gasteiger partial charge < -0.3 is 15.2 Å². The van der Waals surface area contributed by atoms with Gasteiger partial charge in [-0.2, -0.15) is 0 Å². The third kappa shape index (κ3) is 2.63. The number of nitrogens with two attached hydrogens (primary N) is 1. The molecule has 116 valence electrons. The minimum Gasteiger partial charge on any atom is -0.381 e. The van der Waals surface area contributed by atoms with Crippen molar-refractivity contribution in [3.05, 3.63) is 0 Å². The van der Waals surface area contributed by atoms with Gasteiger partial charge in [-0.1, -0.05) is 12.8 Å². The first-order valence-electron chi connectivity index (χ1n) is 8.40. The predicted molar refractivity (Wildman–Crippen MR) is 79.8 cm³/mol. The highest BCUT2D eigenvalue weighted by Gasteiger charge is 2.46. The van der Waals surface area contributed by atoms with Crippen LogP contribution in [0.25, 0.3) is 0 Å². The van der Waals surface area contributed by atoms with E-state index < -0.39 is 0 Å². The summed E-state index contributed by atoms with van der Waals surface area (Å²) in [7, 11) is 1.84. The molecular formula is C16H30N2O2. The van der Waals surface area contributed by atoms with Gasteiger partial charge in [0.2, 0.25) is 0 Å². The van der Waals surface area contributed by atoms with Crippen LogP contribution < -0.4 is 5.73 Å². The van der Waals surface area contributed by atoms with E-state index in [1.807, 2.05) is 7.11 Å². The second-order valence-corrected chi connectivity index (χ2v) is 6.82. The Morgan fingerprint density at radius 3 is 2.65 bits per heavy atom. The first-order chi connectivity index (χ1) is 9.79. The lowest BCUT2D eigenvalue weighted by Crippen LogP contribution is -2.65. The molecule has 3 aliphatic rings. The molecule has 0 spiro atoms. The maximum absolute atomic E-state index is 6.25. The Kier molecular flexibility index (Phi) is 4.65. The predicted octanol–water partition coefficient (Wildman–Crippen LogP) is 1.92. The van der Waals surface area contributed by atoms with Crippen LogP contribution in [0.15, 0.2) is 0 Å². The zero-order valence-corrected chi connectivity index (χ0v) is 12.9. The lowest BCUT2D eigenvalue weighted by molar-refractivity contribution is -0.137. The molecule has 2 N–H and O–H groups in total. The van der Waals surface area contributed by atoms with Gasteiger partial charge in [-0.15, -0.1) is 0 Å². The van der Waals surface area contributed by atoms with E-state index in [2.05, 4.69) is 4.90 Å². The van der Waals surface area contributed by atoms with Gasteiger partial charge in [0, 0.05) is 31.8 Å². The van der Waals surface area contributed by atoms with E-state index in [-0.39, 0.29) is 5.54 Å². The molecule has 2 unspecified atom stereocenters. The molecular weight excluding hydrogens is 252 g/mol. The van der Waals surface area contributed by atoms with Crippen LogP contribution in [0.4, 0.5) is 0 Å². The second kappa shape index (κ2) is 6.30. The summed E-state index contributed by atoms with van der Waals surface area (Å²) in [5.74, 6) is 0. The van der Waals surface area contributed by atoms with Gasteiger partial charge in [0.25, 0.3) is 0 Å². The van der Waals surface area contributed by atoms with Gasteiger partial charge in [-0.3, -0.25) is 4.90 Å². The first-order valence-corrected chi connectivity index (χ1v) is 8.40. The van der Waals surface area contributed by atoms with E-state index in [1.165, 1.54) is 38.5 Å². The average molecular weight is 282 g/mol. The van der Waals surface area contributed by atoms with Gasteiger partial charge in [-0.25, -0.2) is 0 Å². The molecule has 2 aliphatic carbocycles. The average Bonchev–Trinajstić information content (AvgIpc) is 2.54. The fraction of sp³-hybridized carbons (Fsp3) is 1.00. The topological polar surface area (TPSA) is 47.7 Å². The minimum atomic E-state index is 0.207. The van der Waals surface area contributed by atoms with Crippen LogP contribution in [0.1, 0.15) is 51.4 Å². The normalized spacial score (nSPS) is 43.2. The molecule has 0 aromatic heterocycles. The van der Waals surface area contributed by atoms with Gasteiger partial charge in [0.1, 0.15) is 0 Å². The molecule has 4 nitrogen and oxygen atoms in total. The van der Waals surface area contributed by atoms with E-state index in [4.69, 9.17) is 15.2 Å². The molecule has 0 aromatic carbocycles. The van der Waals surface area contributed by atoms with E-state index >= 15 is 0 Å². The third-order valence-corrected chi connectivity index (χ3v) is 5.92. The number of ether oxygens (including phenoxy) is 2. The van der Waals surface area contributed by atoms with Gasteiger partial charge in [0.05, 0.1) is 18.8 Å². The summed E-state index contributed by atoms with van der Waals surface area (Å²) in [6, 6.07) is 0.611. The fourth-order valence-corrected chi connectivity index (χ4v) is 4.66. The molecule has 0 aromatic rings. The SMILES string of the molecule is COC1CCC(CN)(N2CCOC3CCCCC32)CC1. The number of nitrogens with zero attached hydrogens (tertiary/aromatic N) is 1. The zero-order chi connectivity index (χ0) is 14.0. The molecule has 20 heavy (non-hydrogen) atoms. The molecule has 3 rings (SSSR count). The molecule has 0 amide bonds. The van der Waals surface area contributed by atoms with Crippen LogP contribution in [0.2, 0.25) is 0 Å². The molecule has 1 aliphatic heterocycles. The number of rotatable bonds is 3. The van der Waals surface area contributed by atoms with Crippen LogP contribution in [-0.4, -0.2) is 55.5 Å². The Bertz CT molecular complexity index is 314. The largest absolute Gasteiger partial charge is 0.381 e. The summed E-state index contributed by atoms with van der Waals surface area (Å²) in [5.41, 5.74) is 6.46. The Morgan fingerprint density at radius 1 is 1.20 bits per heavy atom. The smallest absolute Gasteiger partial charge is 0.0731 e. The number of fused-ring (bicyclic) bond motifs is 1. The van der Waals surface area contributed by atoms with Crippen LogP contribution in [-0.2, 0) is 9.47 Å². The van der Waals surface area contributed by atoms with Crippen LogP contribution in [0, 0.1) is 0 Å². The van der Waals surface area contributed by atoms with Crippen LogP contribution in [0.3, 0.4) is 0 Å². The lowest BCUT2D eigenvalue weighted by atomic mass is 9.76. The van der Waals surface area contributed by atoms with Crippen molar-refractivity contribution in [3.8, 4) is 0 Å². The Balaban J connectivity index is 1.74. The Morgan fingerprint density at radius 2 is 1.95 bits per heavy atom. The van der Waals surface area contributed by atoms with Crippen molar-refractivity contribution in [2.45, 2.75) is 75.2 Å². The molecule has 2 atom stereocenters. The Labute approximate surface area is 123 Å². The highest BCUT2D eigenvalue weighted by atomic mass is 16.5. The quantitative estimate of drug-likeness (QED) is 0.859. The lowest BCUT2D eigenvalue weighted by Gasteiger charge is -2.55.